The van der Waals surface area contributed by atoms with E-state index in [2.05, 4.69) is 6.92 Å². The molecule has 1 heterocycles. The van der Waals surface area contributed by atoms with Crippen molar-refractivity contribution < 1.29 is 23.8 Å². The van der Waals surface area contributed by atoms with Gasteiger partial charge in [-0.25, -0.2) is 4.79 Å². The van der Waals surface area contributed by atoms with Gasteiger partial charge in [0.25, 0.3) is 0 Å². The Labute approximate surface area is 176 Å². The number of carbonyl (C=O) groups excluding carboxylic acids is 2. The van der Waals surface area contributed by atoms with E-state index in [0.29, 0.717) is 30.6 Å². The topological polar surface area (TPSA) is 61.8 Å². The molecule has 3 unspecified atom stereocenters. The fourth-order valence-corrected chi connectivity index (χ4v) is 3.94. The zero-order valence-electron chi connectivity index (χ0n) is 17.3. The van der Waals surface area contributed by atoms with Crippen LogP contribution in [-0.2, 0) is 20.7 Å². The number of ketones is 1. The highest BCUT2D eigenvalue weighted by molar-refractivity contribution is 5.96. The van der Waals surface area contributed by atoms with Gasteiger partial charge in [0.15, 0.2) is 0 Å². The molecule has 2 aliphatic rings. The van der Waals surface area contributed by atoms with Crippen molar-refractivity contribution in [2.24, 2.45) is 5.92 Å². The first-order valence-corrected chi connectivity index (χ1v) is 10.5. The van der Waals surface area contributed by atoms with E-state index in [4.69, 9.17) is 14.2 Å². The number of allylic oxidation sites excluding steroid dienone is 1. The molecule has 0 aromatic heterocycles. The molecule has 1 saturated carbocycles. The van der Waals surface area contributed by atoms with E-state index in [1.807, 2.05) is 43.3 Å². The SMILES string of the molecule is CCc1ccc(OC2=COC3CC(OC(=O)c4ccc(C)cc4)CCC3C2=O)cc1. The van der Waals surface area contributed by atoms with Gasteiger partial charge in [-0.05, 0) is 56.0 Å². The van der Waals surface area contributed by atoms with E-state index < -0.39 is 0 Å². The van der Waals surface area contributed by atoms with E-state index in [1.54, 1.807) is 12.1 Å². The predicted octanol–water partition coefficient (Wildman–Crippen LogP) is 4.77. The summed E-state index contributed by atoms with van der Waals surface area (Å²) >= 11 is 0. The fraction of sp³-hybridized carbons (Fsp3) is 0.360. The number of esters is 1. The molecule has 0 bridgehead atoms. The maximum Gasteiger partial charge on any atom is 0.338 e. The second-order valence-corrected chi connectivity index (χ2v) is 7.93. The Morgan fingerprint density at radius 2 is 1.80 bits per heavy atom. The smallest absolute Gasteiger partial charge is 0.338 e. The first kappa shape index (κ1) is 20.2. The molecule has 4 rings (SSSR count). The van der Waals surface area contributed by atoms with Crippen molar-refractivity contribution in [1.82, 2.24) is 0 Å². The van der Waals surface area contributed by atoms with Gasteiger partial charge in [-0.1, -0.05) is 36.8 Å². The zero-order chi connectivity index (χ0) is 21.1. The molecule has 30 heavy (non-hydrogen) atoms. The Bertz CT molecular complexity index is 943. The minimum absolute atomic E-state index is 0.0471. The second-order valence-electron chi connectivity index (χ2n) is 7.93. The molecule has 0 radical (unpaired) electrons. The monoisotopic (exact) mass is 406 g/mol. The van der Waals surface area contributed by atoms with Crippen molar-refractivity contribution in [3.8, 4) is 5.75 Å². The lowest BCUT2D eigenvalue weighted by Gasteiger charge is -2.36. The van der Waals surface area contributed by atoms with Crippen molar-refractivity contribution in [2.45, 2.75) is 51.7 Å². The summed E-state index contributed by atoms with van der Waals surface area (Å²) in [6.07, 6.45) is 3.54. The third kappa shape index (κ3) is 4.40. The third-order valence-corrected chi connectivity index (χ3v) is 5.79. The van der Waals surface area contributed by atoms with Gasteiger partial charge in [0.1, 0.15) is 24.2 Å². The third-order valence-electron chi connectivity index (χ3n) is 5.79. The number of carbonyl (C=O) groups is 2. The molecule has 1 fully saturated rings. The van der Waals surface area contributed by atoms with E-state index in [-0.39, 0.29) is 35.6 Å². The zero-order valence-corrected chi connectivity index (χ0v) is 17.3. The summed E-state index contributed by atoms with van der Waals surface area (Å²) in [6.45, 7) is 4.06. The first-order valence-electron chi connectivity index (χ1n) is 10.5. The van der Waals surface area contributed by atoms with E-state index in [9.17, 15) is 9.59 Å². The van der Waals surface area contributed by atoms with Gasteiger partial charge in [-0.3, -0.25) is 4.79 Å². The molecule has 0 saturated heterocycles. The molecule has 2 aromatic rings. The Morgan fingerprint density at radius 3 is 2.50 bits per heavy atom. The van der Waals surface area contributed by atoms with Crippen LogP contribution >= 0.6 is 0 Å². The molecule has 0 N–H and O–H groups in total. The molecule has 3 atom stereocenters. The van der Waals surface area contributed by atoms with E-state index >= 15 is 0 Å². The van der Waals surface area contributed by atoms with Crippen molar-refractivity contribution >= 4 is 11.8 Å². The highest BCUT2D eigenvalue weighted by atomic mass is 16.6. The summed E-state index contributed by atoms with van der Waals surface area (Å²) in [5, 5.41) is 0. The van der Waals surface area contributed by atoms with Crippen molar-refractivity contribution in [2.75, 3.05) is 0 Å². The normalized spacial score (nSPS) is 23.1. The molecular formula is C25H26O5. The minimum atomic E-state index is -0.337. The lowest BCUT2D eigenvalue weighted by atomic mass is 9.80. The Hall–Kier alpha value is -3.08. The number of Topliss-reactive ketones (excluding diaryl/α,β-unsaturated/α-hetero) is 1. The number of ether oxygens (including phenoxy) is 3. The van der Waals surface area contributed by atoms with Crippen molar-refractivity contribution in [1.29, 1.82) is 0 Å². The molecule has 1 aliphatic heterocycles. The lowest BCUT2D eigenvalue weighted by Crippen LogP contribution is -2.43. The molecule has 0 spiro atoms. The summed E-state index contributed by atoms with van der Waals surface area (Å²) in [5.41, 5.74) is 2.83. The largest absolute Gasteiger partial charge is 0.493 e. The van der Waals surface area contributed by atoms with Crippen molar-refractivity contribution in [3.63, 3.8) is 0 Å². The van der Waals surface area contributed by atoms with Gasteiger partial charge in [0, 0.05) is 6.42 Å². The highest BCUT2D eigenvalue weighted by Crippen LogP contribution is 2.35. The van der Waals surface area contributed by atoms with Crippen LogP contribution in [0, 0.1) is 12.8 Å². The van der Waals surface area contributed by atoms with Gasteiger partial charge < -0.3 is 14.2 Å². The Kier molecular flexibility index (Phi) is 5.88. The molecule has 0 amide bonds. The van der Waals surface area contributed by atoms with Crippen LogP contribution in [0.5, 0.6) is 5.75 Å². The molecule has 2 aromatic carbocycles. The van der Waals surface area contributed by atoms with Crippen LogP contribution in [0.2, 0.25) is 0 Å². The Balaban J connectivity index is 1.36. The minimum Gasteiger partial charge on any atom is -0.493 e. The second kappa shape index (κ2) is 8.74. The van der Waals surface area contributed by atoms with E-state index in [1.165, 1.54) is 11.8 Å². The van der Waals surface area contributed by atoms with Crippen LogP contribution < -0.4 is 4.74 Å². The summed E-state index contributed by atoms with van der Waals surface area (Å²) in [6, 6.07) is 15.0. The van der Waals surface area contributed by atoms with Crippen LogP contribution in [0.3, 0.4) is 0 Å². The number of hydrogen-bond acceptors (Lipinski definition) is 5. The summed E-state index contributed by atoms with van der Waals surface area (Å²) < 4.78 is 17.3. The van der Waals surface area contributed by atoms with Crippen LogP contribution in [-0.4, -0.2) is 24.0 Å². The number of benzene rings is 2. The van der Waals surface area contributed by atoms with Crippen LogP contribution in [0.4, 0.5) is 0 Å². The van der Waals surface area contributed by atoms with Gasteiger partial charge in [0.05, 0.1) is 11.5 Å². The lowest BCUT2D eigenvalue weighted by molar-refractivity contribution is -0.132. The number of rotatable bonds is 5. The standard InChI is InChI=1S/C25H26O5/c1-3-17-6-10-19(11-7-17)29-23-15-28-22-14-20(12-13-21(22)24(23)26)30-25(27)18-8-4-16(2)5-9-18/h4-11,15,20-22H,3,12-14H2,1-2H3. The summed E-state index contributed by atoms with van der Waals surface area (Å²) in [5.74, 6) is 0.198. The first-order chi connectivity index (χ1) is 14.5. The number of hydrogen-bond donors (Lipinski definition) is 0. The number of fused-ring (bicyclic) bond motifs is 1. The van der Waals surface area contributed by atoms with Crippen LogP contribution in [0.25, 0.3) is 0 Å². The quantitative estimate of drug-likeness (QED) is 0.669. The van der Waals surface area contributed by atoms with Gasteiger partial charge in [-0.2, -0.15) is 0 Å². The average molecular weight is 406 g/mol. The molecule has 5 nitrogen and oxygen atoms in total. The summed E-state index contributed by atoms with van der Waals surface area (Å²) in [4.78, 5) is 25.3. The molecule has 1 aliphatic carbocycles. The predicted molar refractivity (Wildman–Crippen MR) is 112 cm³/mol. The fourth-order valence-electron chi connectivity index (χ4n) is 3.94. The maximum atomic E-state index is 12.9. The molecule has 156 valence electrons. The molecular weight excluding hydrogens is 380 g/mol. The van der Waals surface area contributed by atoms with Gasteiger partial charge in [-0.15, -0.1) is 0 Å². The average Bonchev–Trinajstić information content (AvgIpc) is 2.76. The Morgan fingerprint density at radius 1 is 1.07 bits per heavy atom. The highest BCUT2D eigenvalue weighted by Gasteiger charge is 2.42. The van der Waals surface area contributed by atoms with Crippen LogP contribution in [0.15, 0.2) is 60.6 Å². The van der Waals surface area contributed by atoms with Gasteiger partial charge >= 0.3 is 5.97 Å². The van der Waals surface area contributed by atoms with E-state index in [0.717, 1.165) is 12.0 Å². The van der Waals surface area contributed by atoms with Crippen molar-refractivity contribution in [3.05, 3.63) is 77.2 Å². The van der Waals surface area contributed by atoms with Gasteiger partial charge in [0.2, 0.25) is 11.5 Å². The molecule has 5 heteroatoms. The number of aryl methyl sites for hydroxylation is 2. The van der Waals surface area contributed by atoms with Crippen LogP contribution in [0.1, 0.15) is 47.7 Å². The maximum absolute atomic E-state index is 12.9. The summed E-state index contributed by atoms with van der Waals surface area (Å²) in [7, 11) is 0.